The molecule has 8 nitrogen and oxygen atoms in total. The molecule has 176 valence electrons. The number of aliphatic hydroxyl groups is 1. The second-order valence-corrected chi connectivity index (χ2v) is 10.2. The fourth-order valence-corrected chi connectivity index (χ4v) is 4.64. The van der Waals surface area contributed by atoms with E-state index in [4.69, 9.17) is 4.74 Å². The van der Waals surface area contributed by atoms with Gasteiger partial charge in [0.1, 0.15) is 5.76 Å². The van der Waals surface area contributed by atoms with Crippen LogP contribution in [0.15, 0.2) is 59.0 Å². The molecule has 2 aromatic rings. The van der Waals surface area contributed by atoms with Crippen molar-refractivity contribution in [2.75, 3.05) is 34.4 Å². The summed E-state index contributed by atoms with van der Waals surface area (Å²) < 4.78 is 30.8. The molecule has 9 heteroatoms. The summed E-state index contributed by atoms with van der Waals surface area (Å²) in [6.45, 7) is 2.64. The first kappa shape index (κ1) is 24.6. The molecule has 1 amide bonds. The number of aliphatic hydroxyl groups excluding tert-OH is 1. The molecule has 1 aliphatic heterocycles. The maximum Gasteiger partial charge on any atom is 0.295 e. The predicted molar refractivity (Wildman–Crippen MR) is 124 cm³/mol. The largest absolute Gasteiger partial charge is 0.507 e. The lowest BCUT2D eigenvalue weighted by Gasteiger charge is -2.25. The Labute approximate surface area is 194 Å². The molecule has 1 saturated heterocycles. The standard InChI is InChI=1S/C24H28N2O6S/c1-16-6-8-17(9-7-16)21-20(23(28)24(29)26(21)14-5-15-32-4)22(27)18-10-12-19(13-11-18)33(30,31)25(2)3/h6-13,21,27H,5,14-15H2,1-4H3/t21-/m0/s1. The van der Waals surface area contributed by atoms with Crippen LogP contribution in [0, 0.1) is 6.92 Å². The zero-order chi connectivity index (χ0) is 24.3. The fraction of sp³-hybridized carbons (Fsp3) is 0.333. The van der Waals surface area contributed by atoms with Crippen LogP contribution in [0.25, 0.3) is 5.76 Å². The highest BCUT2D eigenvalue weighted by Gasteiger charge is 2.45. The molecule has 3 rings (SSSR count). The number of sulfonamides is 1. The molecule has 33 heavy (non-hydrogen) atoms. The van der Waals surface area contributed by atoms with Crippen molar-refractivity contribution < 1.29 is 27.9 Å². The van der Waals surface area contributed by atoms with Crippen molar-refractivity contribution in [3.05, 3.63) is 70.8 Å². The average molecular weight is 473 g/mol. The Morgan fingerprint density at radius 3 is 2.21 bits per heavy atom. The minimum absolute atomic E-state index is 0.0236. The summed E-state index contributed by atoms with van der Waals surface area (Å²) in [6.07, 6.45) is 0.531. The van der Waals surface area contributed by atoms with E-state index in [9.17, 15) is 23.1 Å². The van der Waals surface area contributed by atoms with Gasteiger partial charge in [0.2, 0.25) is 10.0 Å². The number of carbonyl (C=O) groups excluding carboxylic acids is 2. The van der Waals surface area contributed by atoms with Gasteiger partial charge in [-0.05, 0) is 43.2 Å². The SMILES string of the molecule is COCCCN1C(=O)C(=O)C(=C(O)c2ccc(S(=O)(=O)N(C)C)cc2)[C@@H]1c1ccc(C)cc1. The van der Waals surface area contributed by atoms with E-state index in [0.717, 1.165) is 9.87 Å². The molecule has 0 spiro atoms. The monoisotopic (exact) mass is 472 g/mol. The Morgan fingerprint density at radius 1 is 1.06 bits per heavy atom. The van der Waals surface area contributed by atoms with Crippen LogP contribution in [0.2, 0.25) is 0 Å². The van der Waals surface area contributed by atoms with Crippen molar-refractivity contribution in [1.82, 2.24) is 9.21 Å². The quantitative estimate of drug-likeness (QED) is 0.274. The summed E-state index contributed by atoms with van der Waals surface area (Å²) in [5.41, 5.74) is 1.95. The number of hydrogen-bond acceptors (Lipinski definition) is 6. The second kappa shape index (κ2) is 9.86. The van der Waals surface area contributed by atoms with Crippen molar-refractivity contribution >= 4 is 27.5 Å². The molecule has 1 N–H and O–H groups in total. The maximum absolute atomic E-state index is 13.0. The van der Waals surface area contributed by atoms with E-state index >= 15 is 0 Å². The highest BCUT2D eigenvalue weighted by atomic mass is 32.2. The van der Waals surface area contributed by atoms with E-state index in [2.05, 4.69) is 0 Å². The maximum atomic E-state index is 13.0. The minimum Gasteiger partial charge on any atom is -0.507 e. The number of aryl methyl sites for hydroxylation is 1. The fourth-order valence-electron chi connectivity index (χ4n) is 3.74. The van der Waals surface area contributed by atoms with E-state index in [0.29, 0.717) is 18.6 Å². The molecule has 2 aromatic carbocycles. The molecule has 1 fully saturated rings. The number of methoxy groups -OCH3 is 1. The van der Waals surface area contributed by atoms with Gasteiger partial charge in [0, 0.05) is 39.9 Å². The topological polar surface area (TPSA) is 104 Å². The van der Waals surface area contributed by atoms with E-state index < -0.39 is 27.8 Å². The van der Waals surface area contributed by atoms with Crippen molar-refractivity contribution in [2.45, 2.75) is 24.3 Å². The Hall–Kier alpha value is -3.01. The van der Waals surface area contributed by atoms with Crippen LogP contribution in [0.3, 0.4) is 0 Å². The first-order valence-corrected chi connectivity index (χ1v) is 11.9. The molecule has 0 aromatic heterocycles. The van der Waals surface area contributed by atoms with Crippen LogP contribution < -0.4 is 0 Å². The summed E-state index contributed by atoms with van der Waals surface area (Å²) in [6, 6.07) is 12.2. The van der Waals surface area contributed by atoms with Crippen LogP contribution in [0.5, 0.6) is 0 Å². The van der Waals surface area contributed by atoms with Crippen molar-refractivity contribution in [3.8, 4) is 0 Å². The number of amides is 1. The van der Waals surface area contributed by atoms with Gasteiger partial charge >= 0.3 is 0 Å². The molecule has 0 aliphatic carbocycles. The lowest BCUT2D eigenvalue weighted by molar-refractivity contribution is -0.140. The summed E-state index contributed by atoms with van der Waals surface area (Å²) in [5, 5.41) is 11.1. The smallest absolute Gasteiger partial charge is 0.295 e. The molecule has 0 unspecified atom stereocenters. The molecule has 0 bridgehead atoms. The number of hydrogen-bond donors (Lipinski definition) is 1. The number of ketones is 1. The van der Waals surface area contributed by atoms with Crippen LogP contribution >= 0.6 is 0 Å². The third-order valence-electron chi connectivity index (χ3n) is 5.59. The first-order valence-electron chi connectivity index (χ1n) is 10.5. The third-order valence-corrected chi connectivity index (χ3v) is 7.42. The van der Waals surface area contributed by atoms with Gasteiger partial charge in [0.05, 0.1) is 16.5 Å². The van der Waals surface area contributed by atoms with Crippen molar-refractivity contribution in [1.29, 1.82) is 0 Å². The number of ether oxygens (including phenoxy) is 1. The van der Waals surface area contributed by atoms with Gasteiger partial charge in [-0.1, -0.05) is 29.8 Å². The van der Waals surface area contributed by atoms with Crippen LogP contribution in [0.4, 0.5) is 0 Å². The van der Waals surface area contributed by atoms with E-state index in [1.54, 1.807) is 7.11 Å². The molecule has 1 heterocycles. The van der Waals surface area contributed by atoms with Crippen LogP contribution in [-0.4, -0.2) is 68.8 Å². The summed E-state index contributed by atoms with van der Waals surface area (Å²) in [7, 11) is 0.771. The normalized spacial score (nSPS) is 18.3. The zero-order valence-electron chi connectivity index (χ0n) is 19.1. The number of rotatable bonds is 8. The highest BCUT2D eigenvalue weighted by molar-refractivity contribution is 7.89. The molecule has 0 radical (unpaired) electrons. The lowest BCUT2D eigenvalue weighted by Crippen LogP contribution is -2.31. The molecule has 1 aliphatic rings. The molecule has 1 atom stereocenters. The number of carbonyl (C=O) groups is 2. The summed E-state index contributed by atoms with van der Waals surface area (Å²) in [5.74, 6) is -1.81. The lowest BCUT2D eigenvalue weighted by atomic mass is 9.94. The molecule has 0 saturated carbocycles. The summed E-state index contributed by atoms with van der Waals surface area (Å²) >= 11 is 0. The number of benzene rings is 2. The van der Waals surface area contributed by atoms with Crippen LogP contribution in [0.1, 0.15) is 29.2 Å². The van der Waals surface area contributed by atoms with Gasteiger partial charge in [-0.2, -0.15) is 0 Å². The van der Waals surface area contributed by atoms with Gasteiger partial charge in [0.25, 0.3) is 11.7 Å². The average Bonchev–Trinajstić information content (AvgIpc) is 3.04. The Balaban J connectivity index is 2.09. The third kappa shape index (κ3) is 4.85. The number of Topliss-reactive ketones (excluding diaryl/α,β-unsaturated/α-hetero) is 1. The molecular formula is C24H28N2O6S. The minimum atomic E-state index is -3.64. The zero-order valence-corrected chi connectivity index (χ0v) is 19.9. The van der Waals surface area contributed by atoms with E-state index in [1.165, 1.54) is 43.3 Å². The Morgan fingerprint density at radius 2 is 1.67 bits per heavy atom. The van der Waals surface area contributed by atoms with Gasteiger partial charge in [-0.15, -0.1) is 0 Å². The van der Waals surface area contributed by atoms with Gasteiger partial charge in [-0.25, -0.2) is 12.7 Å². The van der Waals surface area contributed by atoms with E-state index in [1.807, 2.05) is 31.2 Å². The van der Waals surface area contributed by atoms with Crippen molar-refractivity contribution in [3.63, 3.8) is 0 Å². The van der Waals surface area contributed by atoms with E-state index in [-0.39, 0.29) is 28.3 Å². The van der Waals surface area contributed by atoms with Gasteiger partial charge in [-0.3, -0.25) is 9.59 Å². The summed E-state index contributed by atoms with van der Waals surface area (Å²) in [4.78, 5) is 27.4. The highest BCUT2D eigenvalue weighted by Crippen LogP contribution is 2.39. The predicted octanol–water partition coefficient (Wildman–Crippen LogP) is 2.70. The van der Waals surface area contributed by atoms with Crippen LogP contribution in [-0.2, 0) is 24.3 Å². The Kier molecular flexibility index (Phi) is 7.36. The number of nitrogens with zero attached hydrogens (tertiary/aromatic N) is 2. The second-order valence-electron chi connectivity index (χ2n) is 8.06. The van der Waals surface area contributed by atoms with Crippen molar-refractivity contribution in [2.24, 2.45) is 0 Å². The number of likely N-dealkylation sites (tertiary alicyclic amines) is 1. The first-order chi connectivity index (χ1) is 15.6. The Bertz CT molecular complexity index is 1170. The molecular weight excluding hydrogens is 444 g/mol. The van der Waals surface area contributed by atoms with Gasteiger partial charge in [0.15, 0.2) is 0 Å². The van der Waals surface area contributed by atoms with Gasteiger partial charge < -0.3 is 14.7 Å².